The first kappa shape index (κ1) is 17.4. The summed E-state index contributed by atoms with van der Waals surface area (Å²) in [5.74, 6) is -0.0479. The summed E-state index contributed by atoms with van der Waals surface area (Å²) in [5.41, 5.74) is 0.486. The van der Waals surface area contributed by atoms with Crippen LogP contribution in [0, 0.1) is 0 Å². The molecule has 1 heterocycles. The molecule has 0 saturated carbocycles. The standard InChI is InChI=1S/C13H14ClNO4S3/c1-2-21(16,17)12-7-10(6-11(14)8-12)9-15-22(18,19)13-4-3-5-20-13/h3-8,15H,2,9H2,1H3. The SMILES string of the molecule is CCS(=O)(=O)c1cc(Cl)cc(CNS(=O)(=O)c2cccs2)c1. The molecule has 0 atom stereocenters. The number of rotatable bonds is 6. The van der Waals surface area contributed by atoms with E-state index in [4.69, 9.17) is 11.6 Å². The lowest BCUT2D eigenvalue weighted by molar-refractivity contribution is 0.583. The van der Waals surface area contributed by atoms with Gasteiger partial charge in [-0.15, -0.1) is 11.3 Å². The summed E-state index contributed by atoms with van der Waals surface area (Å²) in [4.78, 5) is 0.0906. The van der Waals surface area contributed by atoms with Gasteiger partial charge in [-0.3, -0.25) is 0 Å². The van der Waals surface area contributed by atoms with Gasteiger partial charge in [0.1, 0.15) is 4.21 Å². The maximum absolute atomic E-state index is 12.0. The molecular formula is C13H14ClNO4S3. The van der Waals surface area contributed by atoms with Gasteiger partial charge < -0.3 is 0 Å². The van der Waals surface area contributed by atoms with Gasteiger partial charge in [-0.25, -0.2) is 21.6 Å². The second-order valence-electron chi connectivity index (χ2n) is 4.46. The Morgan fingerprint density at radius 2 is 1.91 bits per heavy atom. The molecular weight excluding hydrogens is 366 g/mol. The Labute approximate surface area is 138 Å². The third kappa shape index (κ3) is 4.08. The normalized spacial score (nSPS) is 12.5. The topological polar surface area (TPSA) is 80.3 Å². The van der Waals surface area contributed by atoms with Gasteiger partial charge in [0.05, 0.1) is 10.6 Å². The van der Waals surface area contributed by atoms with Crippen molar-refractivity contribution in [2.75, 3.05) is 5.75 Å². The lowest BCUT2D eigenvalue weighted by atomic mass is 10.2. The minimum Gasteiger partial charge on any atom is -0.224 e. The van der Waals surface area contributed by atoms with Crippen molar-refractivity contribution in [3.8, 4) is 0 Å². The number of nitrogens with one attached hydrogen (secondary N) is 1. The zero-order valence-corrected chi connectivity index (χ0v) is 14.8. The Hall–Kier alpha value is -0.930. The van der Waals surface area contributed by atoms with Gasteiger partial charge >= 0.3 is 0 Å². The zero-order valence-electron chi connectivity index (χ0n) is 11.6. The number of sulfonamides is 1. The molecule has 0 unspecified atom stereocenters. The molecule has 0 bridgehead atoms. The van der Waals surface area contributed by atoms with E-state index in [-0.39, 0.29) is 26.4 Å². The monoisotopic (exact) mass is 379 g/mol. The predicted molar refractivity (Wildman–Crippen MR) is 87.5 cm³/mol. The first-order valence-electron chi connectivity index (χ1n) is 6.30. The summed E-state index contributed by atoms with van der Waals surface area (Å²) >= 11 is 7.03. The Balaban J connectivity index is 2.24. The van der Waals surface area contributed by atoms with Crippen LogP contribution < -0.4 is 4.72 Å². The predicted octanol–water partition coefficient (Wildman–Crippen LogP) is 2.67. The first-order chi connectivity index (χ1) is 10.2. The molecule has 0 aliphatic carbocycles. The van der Waals surface area contributed by atoms with Crippen molar-refractivity contribution < 1.29 is 16.8 Å². The van der Waals surface area contributed by atoms with E-state index in [1.165, 1.54) is 31.2 Å². The second kappa shape index (κ2) is 6.67. The van der Waals surface area contributed by atoms with Gasteiger partial charge in [0.2, 0.25) is 10.0 Å². The van der Waals surface area contributed by atoms with Crippen LogP contribution in [0.15, 0.2) is 44.8 Å². The van der Waals surface area contributed by atoms with E-state index in [0.717, 1.165) is 11.3 Å². The minimum absolute atomic E-state index is 0.0347. The summed E-state index contributed by atoms with van der Waals surface area (Å²) in [7, 11) is -7.01. The molecule has 0 amide bonds. The molecule has 2 aromatic rings. The average molecular weight is 380 g/mol. The van der Waals surface area contributed by atoms with Crippen LogP contribution in [0.5, 0.6) is 0 Å². The highest BCUT2D eigenvalue weighted by Crippen LogP contribution is 2.21. The summed E-state index contributed by atoms with van der Waals surface area (Å²) in [5, 5.41) is 1.92. The van der Waals surface area contributed by atoms with Crippen LogP contribution in [-0.2, 0) is 26.4 Å². The third-order valence-corrected chi connectivity index (χ3v) is 7.63. The lowest BCUT2D eigenvalue weighted by Crippen LogP contribution is -2.22. The third-order valence-electron chi connectivity index (χ3n) is 2.90. The van der Waals surface area contributed by atoms with Crippen molar-refractivity contribution >= 4 is 42.8 Å². The van der Waals surface area contributed by atoms with Crippen LogP contribution in [0.2, 0.25) is 5.02 Å². The van der Waals surface area contributed by atoms with Gasteiger partial charge in [0.25, 0.3) is 0 Å². The number of hydrogen-bond acceptors (Lipinski definition) is 5. The number of hydrogen-bond donors (Lipinski definition) is 1. The molecule has 1 aromatic heterocycles. The highest BCUT2D eigenvalue weighted by Gasteiger charge is 2.17. The average Bonchev–Trinajstić information content (AvgIpc) is 3.00. The molecule has 0 spiro atoms. The molecule has 0 aliphatic rings. The quantitative estimate of drug-likeness (QED) is 0.836. The first-order valence-corrected chi connectivity index (χ1v) is 10.7. The van der Waals surface area contributed by atoms with Crippen LogP contribution in [0.1, 0.15) is 12.5 Å². The Kier molecular flexibility index (Phi) is 5.29. The van der Waals surface area contributed by atoms with Crippen molar-refractivity contribution in [3.63, 3.8) is 0 Å². The van der Waals surface area contributed by atoms with Crippen molar-refractivity contribution in [2.45, 2.75) is 22.6 Å². The lowest BCUT2D eigenvalue weighted by Gasteiger charge is -2.08. The molecule has 5 nitrogen and oxygen atoms in total. The van der Waals surface area contributed by atoms with Gasteiger partial charge in [0.15, 0.2) is 9.84 Å². The minimum atomic E-state index is -3.61. The molecule has 0 saturated heterocycles. The molecule has 1 aromatic carbocycles. The maximum atomic E-state index is 12.0. The Morgan fingerprint density at radius 3 is 2.50 bits per heavy atom. The molecule has 2 rings (SSSR count). The van der Waals surface area contributed by atoms with Gasteiger partial charge in [-0.1, -0.05) is 24.6 Å². The molecule has 0 fully saturated rings. The molecule has 9 heteroatoms. The van der Waals surface area contributed by atoms with Crippen LogP contribution in [0.3, 0.4) is 0 Å². The zero-order chi connectivity index (χ0) is 16.4. The van der Waals surface area contributed by atoms with Crippen LogP contribution in [0.4, 0.5) is 0 Å². The fourth-order valence-corrected chi connectivity index (χ4v) is 5.08. The highest BCUT2D eigenvalue weighted by atomic mass is 35.5. The molecule has 0 radical (unpaired) electrons. The summed E-state index contributed by atoms with van der Waals surface area (Å²) in [6.45, 7) is 1.50. The van der Waals surface area contributed by atoms with E-state index in [9.17, 15) is 16.8 Å². The molecule has 22 heavy (non-hydrogen) atoms. The second-order valence-corrected chi connectivity index (χ2v) is 10.1. The van der Waals surface area contributed by atoms with E-state index in [2.05, 4.69) is 4.72 Å². The van der Waals surface area contributed by atoms with Crippen molar-refractivity contribution in [3.05, 3.63) is 46.3 Å². The molecule has 1 N–H and O–H groups in total. The van der Waals surface area contributed by atoms with E-state index in [1.54, 1.807) is 11.4 Å². The van der Waals surface area contributed by atoms with Crippen LogP contribution in [0.25, 0.3) is 0 Å². The van der Waals surface area contributed by atoms with Crippen LogP contribution in [-0.4, -0.2) is 22.6 Å². The van der Waals surface area contributed by atoms with Crippen LogP contribution >= 0.6 is 22.9 Å². The maximum Gasteiger partial charge on any atom is 0.250 e. The number of thiophene rings is 1. The largest absolute Gasteiger partial charge is 0.250 e. The number of halogens is 1. The van der Waals surface area contributed by atoms with Gasteiger partial charge in [-0.05, 0) is 35.2 Å². The summed E-state index contributed by atoms with van der Waals surface area (Å²) in [6, 6.07) is 7.47. The summed E-state index contributed by atoms with van der Waals surface area (Å²) in [6.07, 6.45) is 0. The van der Waals surface area contributed by atoms with E-state index < -0.39 is 19.9 Å². The van der Waals surface area contributed by atoms with Crippen molar-refractivity contribution in [1.29, 1.82) is 0 Å². The smallest absolute Gasteiger partial charge is 0.224 e. The van der Waals surface area contributed by atoms with E-state index in [0.29, 0.717) is 5.56 Å². The molecule has 120 valence electrons. The van der Waals surface area contributed by atoms with Gasteiger partial charge in [-0.2, -0.15) is 0 Å². The summed E-state index contributed by atoms with van der Waals surface area (Å²) < 4.78 is 50.5. The Bertz CT molecular complexity index is 859. The Morgan fingerprint density at radius 1 is 1.18 bits per heavy atom. The number of benzene rings is 1. The van der Waals surface area contributed by atoms with E-state index >= 15 is 0 Å². The molecule has 0 aliphatic heterocycles. The van der Waals surface area contributed by atoms with E-state index in [1.807, 2.05) is 0 Å². The highest BCUT2D eigenvalue weighted by molar-refractivity contribution is 7.91. The number of sulfone groups is 1. The van der Waals surface area contributed by atoms with Crippen molar-refractivity contribution in [1.82, 2.24) is 4.72 Å². The fourth-order valence-electron chi connectivity index (χ4n) is 1.73. The van der Waals surface area contributed by atoms with Gasteiger partial charge in [0, 0.05) is 11.6 Å². The fraction of sp³-hybridized carbons (Fsp3) is 0.231. The van der Waals surface area contributed by atoms with Crippen molar-refractivity contribution in [2.24, 2.45) is 0 Å².